The van der Waals surface area contributed by atoms with Crippen LogP contribution >= 0.6 is 0 Å². The van der Waals surface area contributed by atoms with E-state index in [1.54, 1.807) is 6.20 Å². The van der Waals surface area contributed by atoms with Gasteiger partial charge in [-0.25, -0.2) is 0 Å². The standard InChI is InChI=1S/C16H20N2O/c1-3-11(2)16(17)15(19)10-12-8-9-18-14-7-5-4-6-13(12)14/h4-9,11,16H,3,10,17H2,1-2H3. The molecule has 19 heavy (non-hydrogen) atoms. The minimum atomic E-state index is -0.378. The zero-order valence-electron chi connectivity index (χ0n) is 11.5. The molecule has 0 aliphatic rings. The average Bonchev–Trinajstić information content (AvgIpc) is 2.46. The van der Waals surface area contributed by atoms with E-state index in [9.17, 15) is 4.79 Å². The van der Waals surface area contributed by atoms with Gasteiger partial charge in [0, 0.05) is 18.0 Å². The summed E-state index contributed by atoms with van der Waals surface area (Å²) in [6, 6.07) is 9.40. The van der Waals surface area contributed by atoms with Crippen molar-refractivity contribution < 1.29 is 4.79 Å². The third kappa shape index (κ3) is 2.99. The summed E-state index contributed by atoms with van der Waals surface area (Å²) in [5.41, 5.74) is 7.93. The van der Waals surface area contributed by atoms with Crippen LogP contribution in [0.2, 0.25) is 0 Å². The SMILES string of the molecule is CCC(C)C(N)C(=O)Cc1ccnc2ccccc12. The van der Waals surface area contributed by atoms with E-state index in [-0.39, 0.29) is 17.7 Å². The van der Waals surface area contributed by atoms with Crippen LogP contribution in [0.3, 0.4) is 0 Å². The van der Waals surface area contributed by atoms with Gasteiger partial charge in [-0.1, -0.05) is 38.5 Å². The smallest absolute Gasteiger partial charge is 0.154 e. The van der Waals surface area contributed by atoms with Gasteiger partial charge in [0.05, 0.1) is 11.6 Å². The molecule has 0 fully saturated rings. The lowest BCUT2D eigenvalue weighted by Gasteiger charge is -2.17. The van der Waals surface area contributed by atoms with Crippen LogP contribution in [-0.4, -0.2) is 16.8 Å². The number of ketones is 1. The molecule has 2 unspecified atom stereocenters. The van der Waals surface area contributed by atoms with Crippen LogP contribution < -0.4 is 5.73 Å². The number of hydrogen-bond acceptors (Lipinski definition) is 3. The maximum Gasteiger partial charge on any atom is 0.154 e. The molecule has 0 aliphatic heterocycles. The first-order valence-electron chi connectivity index (χ1n) is 6.74. The number of nitrogens with two attached hydrogens (primary N) is 1. The van der Waals surface area contributed by atoms with E-state index < -0.39 is 0 Å². The fourth-order valence-corrected chi connectivity index (χ4v) is 2.19. The number of aromatic nitrogens is 1. The quantitative estimate of drug-likeness (QED) is 0.895. The Bertz CT molecular complexity index is 574. The Morgan fingerprint density at radius 2 is 2.05 bits per heavy atom. The fraction of sp³-hybridized carbons (Fsp3) is 0.375. The average molecular weight is 256 g/mol. The number of hydrogen-bond donors (Lipinski definition) is 1. The van der Waals surface area contributed by atoms with E-state index in [1.165, 1.54) is 0 Å². The molecule has 0 saturated heterocycles. The molecular weight excluding hydrogens is 236 g/mol. The molecule has 1 heterocycles. The van der Waals surface area contributed by atoms with E-state index in [0.717, 1.165) is 22.9 Å². The Hall–Kier alpha value is -1.74. The number of para-hydroxylation sites is 1. The lowest BCUT2D eigenvalue weighted by atomic mass is 9.92. The monoisotopic (exact) mass is 256 g/mol. The molecule has 1 aromatic carbocycles. The van der Waals surface area contributed by atoms with Crippen molar-refractivity contribution in [2.24, 2.45) is 11.7 Å². The lowest BCUT2D eigenvalue weighted by molar-refractivity contribution is -0.120. The van der Waals surface area contributed by atoms with Gasteiger partial charge in [0.1, 0.15) is 0 Å². The van der Waals surface area contributed by atoms with Gasteiger partial charge in [0.25, 0.3) is 0 Å². The normalized spacial score (nSPS) is 14.3. The second-order valence-corrected chi connectivity index (χ2v) is 5.04. The second-order valence-electron chi connectivity index (χ2n) is 5.04. The van der Waals surface area contributed by atoms with Crippen LogP contribution in [-0.2, 0) is 11.2 Å². The summed E-state index contributed by atoms with van der Waals surface area (Å²) in [7, 11) is 0. The van der Waals surface area contributed by atoms with Crippen molar-refractivity contribution in [1.29, 1.82) is 0 Å². The molecule has 100 valence electrons. The second kappa shape index (κ2) is 5.93. The predicted octanol–water partition coefficient (Wildman–Crippen LogP) is 2.72. The molecule has 2 aromatic rings. The molecule has 2 N–H and O–H groups in total. The molecule has 3 nitrogen and oxygen atoms in total. The summed E-state index contributed by atoms with van der Waals surface area (Å²) in [5, 5.41) is 1.04. The summed E-state index contributed by atoms with van der Waals surface area (Å²) in [4.78, 5) is 16.5. The van der Waals surface area contributed by atoms with Crippen LogP contribution in [0.5, 0.6) is 0 Å². The van der Waals surface area contributed by atoms with E-state index in [0.29, 0.717) is 6.42 Å². The zero-order valence-corrected chi connectivity index (χ0v) is 11.5. The van der Waals surface area contributed by atoms with Crippen LogP contribution in [0.1, 0.15) is 25.8 Å². The predicted molar refractivity (Wildman–Crippen MR) is 77.9 cm³/mol. The Labute approximate surface area is 113 Å². The van der Waals surface area contributed by atoms with Crippen molar-refractivity contribution in [3.63, 3.8) is 0 Å². The topological polar surface area (TPSA) is 56.0 Å². The highest BCUT2D eigenvalue weighted by Gasteiger charge is 2.20. The number of Topliss-reactive ketones (excluding diaryl/α,β-unsaturated/α-hetero) is 1. The molecule has 0 saturated carbocycles. The van der Waals surface area contributed by atoms with Crippen molar-refractivity contribution in [2.45, 2.75) is 32.7 Å². The third-order valence-electron chi connectivity index (χ3n) is 3.73. The molecule has 0 spiro atoms. The highest BCUT2D eigenvalue weighted by atomic mass is 16.1. The van der Waals surface area contributed by atoms with Gasteiger partial charge < -0.3 is 5.73 Å². The van der Waals surface area contributed by atoms with Crippen molar-refractivity contribution >= 4 is 16.7 Å². The van der Waals surface area contributed by atoms with Crippen LogP contribution in [0.25, 0.3) is 10.9 Å². The molecule has 2 atom stereocenters. The molecule has 2 rings (SSSR count). The summed E-state index contributed by atoms with van der Waals surface area (Å²) < 4.78 is 0. The van der Waals surface area contributed by atoms with E-state index in [2.05, 4.69) is 11.9 Å². The van der Waals surface area contributed by atoms with Crippen LogP contribution in [0.4, 0.5) is 0 Å². The first-order valence-corrected chi connectivity index (χ1v) is 6.74. The maximum absolute atomic E-state index is 12.2. The Morgan fingerprint density at radius 3 is 2.79 bits per heavy atom. The number of carbonyl (C=O) groups excluding carboxylic acids is 1. The van der Waals surface area contributed by atoms with Gasteiger partial charge in [-0.2, -0.15) is 0 Å². The van der Waals surface area contributed by atoms with Crippen molar-refractivity contribution in [2.75, 3.05) is 0 Å². The number of benzene rings is 1. The van der Waals surface area contributed by atoms with Gasteiger partial charge in [0.15, 0.2) is 5.78 Å². The largest absolute Gasteiger partial charge is 0.321 e. The molecule has 1 aromatic heterocycles. The number of nitrogens with zero attached hydrogens (tertiary/aromatic N) is 1. The summed E-state index contributed by atoms with van der Waals surface area (Å²) in [6.45, 7) is 4.08. The zero-order chi connectivity index (χ0) is 13.8. The van der Waals surface area contributed by atoms with Gasteiger partial charge in [-0.05, 0) is 23.6 Å². The van der Waals surface area contributed by atoms with Gasteiger partial charge in [-0.3, -0.25) is 9.78 Å². The Kier molecular flexibility index (Phi) is 4.27. The Balaban J connectivity index is 2.24. The molecule has 3 heteroatoms. The van der Waals surface area contributed by atoms with Crippen molar-refractivity contribution in [3.05, 3.63) is 42.1 Å². The van der Waals surface area contributed by atoms with Gasteiger partial charge in [0.2, 0.25) is 0 Å². The highest BCUT2D eigenvalue weighted by Crippen LogP contribution is 2.18. The number of rotatable bonds is 5. The van der Waals surface area contributed by atoms with Gasteiger partial charge >= 0.3 is 0 Å². The van der Waals surface area contributed by atoms with Crippen molar-refractivity contribution in [1.82, 2.24) is 4.98 Å². The van der Waals surface area contributed by atoms with Crippen molar-refractivity contribution in [3.8, 4) is 0 Å². The number of fused-ring (bicyclic) bond motifs is 1. The minimum Gasteiger partial charge on any atom is -0.321 e. The Morgan fingerprint density at radius 1 is 1.32 bits per heavy atom. The number of carbonyl (C=O) groups is 1. The molecular formula is C16H20N2O. The van der Waals surface area contributed by atoms with Crippen LogP contribution in [0, 0.1) is 5.92 Å². The third-order valence-corrected chi connectivity index (χ3v) is 3.73. The fourth-order valence-electron chi connectivity index (χ4n) is 2.19. The number of pyridine rings is 1. The molecule has 0 bridgehead atoms. The van der Waals surface area contributed by atoms with Gasteiger partial charge in [-0.15, -0.1) is 0 Å². The summed E-state index contributed by atoms with van der Waals surface area (Å²) in [5.74, 6) is 0.325. The minimum absolute atomic E-state index is 0.103. The summed E-state index contributed by atoms with van der Waals surface area (Å²) >= 11 is 0. The first-order chi connectivity index (χ1) is 9.13. The van der Waals surface area contributed by atoms with Crippen LogP contribution in [0.15, 0.2) is 36.5 Å². The molecule has 0 radical (unpaired) electrons. The highest BCUT2D eigenvalue weighted by molar-refractivity contribution is 5.91. The summed E-state index contributed by atoms with van der Waals surface area (Å²) in [6.07, 6.45) is 3.05. The van der Waals surface area contributed by atoms with E-state index in [4.69, 9.17) is 5.73 Å². The van der Waals surface area contributed by atoms with E-state index >= 15 is 0 Å². The lowest BCUT2D eigenvalue weighted by Crippen LogP contribution is -2.37. The molecule has 0 amide bonds. The molecule has 0 aliphatic carbocycles. The first kappa shape index (κ1) is 13.7. The maximum atomic E-state index is 12.2. The van der Waals surface area contributed by atoms with E-state index in [1.807, 2.05) is 37.3 Å².